The minimum atomic E-state index is 0.306. The van der Waals surface area contributed by atoms with Gasteiger partial charge in [0, 0.05) is 29.7 Å². The number of aryl methyl sites for hydroxylation is 1. The predicted octanol–water partition coefficient (Wildman–Crippen LogP) is 3.44. The first-order chi connectivity index (χ1) is 9.61. The Kier molecular flexibility index (Phi) is 3.83. The zero-order chi connectivity index (χ0) is 14.1. The molecule has 106 valence electrons. The molecule has 1 aromatic heterocycles. The van der Waals surface area contributed by atoms with Crippen molar-refractivity contribution in [3.63, 3.8) is 0 Å². The number of likely N-dealkylation sites (tertiary alicyclic amines) is 1. The summed E-state index contributed by atoms with van der Waals surface area (Å²) in [6.07, 6.45) is 1.07. The summed E-state index contributed by atoms with van der Waals surface area (Å²) in [5.41, 5.74) is 8.01. The minimum Gasteiger partial charge on any atom is -0.460 e. The maximum absolute atomic E-state index is 6.16. The molecule has 1 aliphatic rings. The van der Waals surface area contributed by atoms with Gasteiger partial charge in [0.2, 0.25) is 0 Å². The molecule has 0 bridgehead atoms. The van der Waals surface area contributed by atoms with Crippen LogP contribution in [0.2, 0.25) is 5.02 Å². The fourth-order valence-electron chi connectivity index (χ4n) is 2.59. The zero-order valence-corrected chi connectivity index (χ0v) is 12.4. The maximum atomic E-state index is 6.16. The average molecular weight is 291 g/mol. The van der Waals surface area contributed by atoms with Gasteiger partial charge < -0.3 is 10.2 Å². The van der Waals surface area contributed by atoms with E-state index < -0.39 is 0 Å². The van der Waals surface area contributed by atoms with Crippen molar-refractivity contribution in [3.05, 3.63) is 46.7 Å². The number of rotatable bonds is 3. The number of hydrogen-bond acceptors (Lipinski definition) is 3. The highest BCUT2D eigenvalue weighted by Gasteiger charge is 2.20. The van der Waals surface area contributed by atoms with E-state index in [0.29, 0.717) is 6.04 Å². The Morgan fingerprint density at radius 1 is 1.35 bits per heavy atom. The van der Waals surface area contributed by atoms with Crippen LogP contribution in [-0.2, 0) is 6.54 Å². The smallest absolute Gasteiger partial charge is 0.134 e. The Bertz CT molecular complexity index is 608. The average Bonchev–Trinajstić information content (AvgIpc) is 3.03. The first kappa shape index (κ1) is 13.7. The van der Waals surface area contributed by atoms with Gasteiger partial charge >= 0.3 is 0 Å². The molecule has 2 heterocycles. The van der Waals surface area contributed by atoms with Gasteiger partial charge in [-0.2, -0.15) is 0 Å². The number of halogens is 1. The molecule has 3 rings (SSSR count). The minimum absolute atomic E-state index is 0.306. The first-order valence-electron chi connectivity index (χ1n) is 6.95. The Labute approximate surface area is 124 Å². The summed E-state index contributed by atoms with van der Waals surface area (Å²) in [5.74, 6) is 1.84. The highest BCUT2D eigenvalue weighted by Crippen LogP contribution is 2.27. The third-order valence-electron chi connectivity index (χ3n) is 3.81. The molecule has 1 atom stereocenters. The van der Waals surface area contributed by atoms with Gasteiger partial charge in [-0.25, -0.2) is 0 Å². The highest BCUT2D eigenvalue weighted by molar-refractivity contribution is 6.31. The topological polar surface area (TPSA) is 42.4 Å². The van der Waals surface area contributed by atoms with Crippen molar-refractivity contribution < 1.29 is 4.42 Å². The molecule has 4 heteroatoms. The third kappa shape index (κ3) is 2.90. The van der Waals surface area contributed by atoms with Crippen LogP contribution < -0.4 is 5.73 Å². The van der Waals surface area contributed by atoms with Crippen LogP contribution in [0.3, 0.4) is 0 Å². The van der Waals surface area contributed by atoms with Crippen LogP contribution in [0.15, 0.2) is 34.7 Å². The van der Waals surface area contributed by atoms with Crippen molar-refractivity contribution in [2.75, 3.05) is 13.1 Å². The zero-order valence-electron chi connectivity index (χ0n) is 11.6. The predicted molar refractivity (Wildman–Crippen MR) is 81.8 cm³/mol. The van der Waals surface area contributed by atoms with Gasteiger partial charge in [-0.15, -0.1) is 0 Å². The molecular formula is C16H19ClN2O. The SMILES string of the molecule is Cc1ccc(-c2ccc(CN3CCC(N)C3)o2)cc1Cl. The first-order valence-corrected chi connectivity index (χ1v) is 7.33. The Hall–Kier alpha value is -1.29. The van der Waals surface area contributed by atoms with Crippen molar-refractivity contribution in [1.82, 2.24) is 4.90 Å². The van der Waals surface area contributed by atoms with Crippen molar-refractivity contribution in [2.24, 2.45) is 5.73 Å². The summed E-state index contributed by atoms with van der Waals surface area (Å²) in [6.45, 7) is 4.82. The van der Waals surface area contributed by atoms with E-state index in [2.05, 4.69) is 4.90 Å². The van der Waals surface area contributed by atoms with E-state index in [9.17, 15) is 0 Å². The quantitative estimate of drug-likeness (QED) is 0.941. The molecule has 0 radical (unpaired) electrons. The molecule has 2 aromatic rings. The normalized spacial score (nSPS) is 19.6. The third-order valence-corrected chi connectivity index (χ3v) is 4.21. The lowest BCUT2D eigenvalue weighted by Gasteiger charge is -2.12. The van der Waals surface area contributed by atoms with Gasteiger partial charge in [-0.3, -0.25) is 4.90 Å². The largest absolute Gasteiger partial charge is 0.460 e. The van der Waals surface area contributed by atoms with Crippen molar-refractivity contribution >= 4 is 11.6 Å². The number of nitrogens with two attached hydrogens (primary N) is 1. The Morgan fingerprint density at radius 2 is 2.20 bits per heavy atom. The lowest BCUT2D eigenvalue weighted by Crippen LogP contribution is -2.26. The fraction of sp³-hybridized carbons (Fsp3) is 0.375. The van der Waals surface area contributed by atoms with Crippen molar-refractivity contribution in [2.45, 2.75) is 25.9 Å². The molecule has 0 saturated carbocycles. The molecule has 0 amide bonds. The van der Waals surface area contributed by atoms with E-state index in [4.69, 9.17) is 21.8 Å². The van der Waals surface area contributed by atoms with E-state index in [1.807, 2.05) is 37.3 Å². The summed E-state index contributed by atoms with van der Waals surface area (Å²) < 4.78 is 5.92. The summed E-state index contributed by atoms with van der Waals surface area (Å²) in [7, 11) is 0. The molecule has 20 heavy (non-hydrogen) atoms. The van der Waals surface area contributed by atoms with Crippen LogP contribution in [0, 0.1) is 6.92 Å². The van der Waals surface area contributed by atoms with Crippen LogP contribution >= 0.6 is 11.6 Å². The van der Waals surface area contributed by atoms with Gasteiger partial charge in [0.05, 0.1) is 6.54 Å². The van der Waals surface area contributed by atoms with Crippen LogP contribution in [0.25, 0.3) is 11.3 Å². The lowest BCUT2D eigenvalue weighted by atomic mass is 10.1. The summed E-state index contributed by atoms with van der Waals surface area (Å²) >= 11 is 6.16. The number of hydrogen-bond donors (Lipinski definition) is 1. The fourth-order valence-corrected chi connectivity index (χ4v) is 2.77. The Balaban J connectivity index is 1.74. The van der Waals surface area contributed by atoms with Crippen molar-refractivity contribution in [3.8, 4) is 11.3 Å². The van der Waals surface area contributed by atoms with Crippen LogP contribution in [-0.4, -0.2) is 24.0 Å². The monoisotopic (exact) mass is 290 g/mol. The molecule has 1 unspecified atom stereocenters. The molecule has 0 spiro atoms. The molecule has 1 aromatic carbocycles. The van der Waals surface area contributed by atoms with E-state index in [0.717, 1.165) is 53.7 Å². The molecule has 1 aliphatic heterocycles. The molecule has 3 nitrogen and oxygen atoms in total. The standard InChI is InChI=1S/C16H19ClN2O/c1-11-2-3-12(8-15(11)17)16-5-4-14(20-16)10-19-7-6-13(18)9-19/h2-5,8,13H,6-7,9-10,18H2,1H3. The second-order valence-electron chi connectivity index (χ2n) is 5.51. The number of benzene rings is 1. The van der Waals surface area contributed by atoms with Crippen LogP contribution in [0.1, 0.15) is 17.7 Å². The van der Waals surface area contributed by atoms with Gasteiger partial charge in [0.1, 0.15) is 11.5 Å². The molecule has 1 fully saturated rings. The second-order valence-corrected chi connectivity index (χ2v) is 5.92. The van der Waals surface area contributed by atoms with E-state index in [1.54, 1.807) is 0 Å². The number of nitrogens with zero attached hydrogens (tertiary/aromatic N) is 1. The van der Waals surface area contributed by atoms with E-state index >= 15 is 0 Å². The van der Waals surface area contributed by atoms with E-state index in [-0.39, 0.29) is 0 Å². The summed E-state index contributed by atoms with van der Waals surface area (Å²) in [4.78, 5) is 2.33. The van der Waals surface area contributed by atoms with E-state index in [1.165, 1.54) is 0 Å². The highest BCUT2D eigenvalue weighted by atomic mass is 35.5. The van der Waals surface area contributed by atoms with Crippen molar-refractivity contribution in [1.29, 1.82) is 0 Å². The summed E-state index contributed by atoms with van der Waals surface area (Å²) in [5, 5.41) is 0.769. The number of furan rings is 1. The maximum Gasteiger partial charge on any atom is 0.134 e. The molecular weight excluding hydrogens is 272 g/mol. The van der Waals surface area contributed by atoms with Gasteiger partial charge in [-0.1, -0.05) is 23.7 Å². The summed E-state index contributed by atoms with van der Waals surface area (Å²) in [6, 6.07) is 10.3. The van der Waals surface area contributed by atoms with Gasteiger partial charge in [-0.05, 0) is 37.1 Å². The van der Waals surface area contributed by atoms with Gasteiger partial charge in [0.15, 0.2) is 0 Å². The van der Waals surface area contributed by atoms with Gasteiger partial charge in [0.25, 0.3) is 0 Å². The van der Waals surface area contributed by atoms with Crippen LogP contribution in [0.4, 0.5) is 0 Å². The van der Waals surface area contributed by atoms with Crippen LogP contribution in [0.5, 0.6) is 0 Å². The molecule has 0 aliphatic carbocycles. The Morgan fingerprint density at radius 3 is 2.90 bits per heavy atom. The molecule has 2 N–H and O–H groups in total. The molecule has 1 saturated heterocycles. The lowest BCUT2D eigenvalue weighted by molar-refractivity contribution is 0.296. The second kappa shape index (κ2) is 5.60.